The fourth-order valence-corrected chi connectivity index (χ4v) is 2.53. The number of fused-ring (bicyclic) bond motifs is 3. The Morgan fingerprint density at radius 1 is 1.13 bits per heavy atom. The van der Waals surface area contributed by atoms with E-state index in [1.165, 1.54) is 13.8 Å². The molecule has 0 aliphatic rings. The molecule has 0 unspecified atom stereocenters. The maximum absolute atomic E-state index is 12.6. The Kier molecular flexibility index (Phi) is 3.40. The maximum atomic E-state index is 12.6. The van der Waals surface area contributed by atoms with Gasteiger partial charge in [0.25, 0.3) is 5.56 Å². The summed E-state index contributed by atoms with van der Waals surface area (Å²) < 4.78 is 5.83. The lowest BCUT2D eigenvalue weighted by atomic mass is 10.1. The van der Waals surface area contributed by atoms with Gasteiger partial charge < -0.3 is 4.74 Å². The molecule has 0 fully saturated rings. The Labute approximate surface area is 130 Å². The highest BCUT2D eigenvalue weighted by Gasteiger charge is 2.20. The van der Waals surface area contributed by atoms with Crippen LogP contribution in [0.5, 0.6) is 5.88 Å². The average Bonchev–Trinajstić information content (AvgIpc) is 2.48. The molecule has 0 aliphatic carbocycles. The number of hydrogen-bond acceptors (Lipinski definition) is 6. The molecule has 7 heteroatoms. The number of ether oxygens (including phenoxy) is 1. The molecule has 3 aromatic rings. The van der Waals surface area contributed by atoms with E-state index >= 15 is 0 Å². The van der Waals surface area contributed by atoms with Crippen LogP contribution in [0, 0.1) is 6.92 Å². The second-order valence-corrected chi connectivity index (χ2v) is 5.10. The molecule has 0 radical (unpaired) electrons. The summed E-state index contributed by atoms with van der Waals surface area (Å²) in [7, 11) is 0. The van der Waals surface area contributed by atoms with E-state index in [1.807, 2.05) is 6.07 Å². The SMILES string of the molecule is CC(=O)Oc1nn(C(C)=O)c(=O)c2c(C)nc3ccccc3c12. The number of pyridine rings is 1. The first-order valence-electron chi connectivity index (χ1n) is 6.92. The molecule has 0 amide bonds. The Bertz CT molecular complexity index is 1040. The van der Waals surface area contributed by atoms with Crippen molar-refractivity contribution in [3.8, 4) is 5.88 Å². The number of aromatic nitrogens is 3. The van der Waals surface area contributed by atoms with Crippen molar-refractivity contribution in [2.45, 2.75) is 20.8 Å². The Hall–Kier alpha value is -3.09. The molecule has 0 N–H and O–H groups in total. The van der Waals surface area contributed by atoms with Crippen molar-refractivity contribution in [3.63, 3.8) is 0 Å². The summed E-state index contributed by atoms with van der Waals surface area (Å²) in [4.78, 5) is 40.0. The summed E-state index contributed by atoms with van der Waals surface area (Å²) in [5.74, 6) is -1.24. The third-order valence-electron chi connectivity index (χ3n) is 3.42. The van der Waals surface area contributed by atoms with Crippen molar-refractivity contribution in [2.75, 3.05) is 0 Å². The van der Waals surface area contributed by atoms with Gasteiger partial charge in [-0.15, -0.1) is 5.10 Å². The van der Waals surface area contributed by atoms with Gasteiger partial charge >= 0.3 is 5.97 Å². The number of nitrogens with zero attached hydrogens (tertiary/aromatic N) is 3. The van der Waals surface area contributed by atoms with Gasteiger partial charge in [0.2, 0.25) is 11.8 Å². The molecule has 0 spiro atoms. The van der Waals surface area contributed by atoms with Crippen LogP contribution in [0.1, 0.15) is 24.3 Å². The first-order chi connectivity index (χ1) is 10.9. The molecule has 23 heavy (non-hydrogen) atoms. The average molecular weight is 311 g/mol. The lowest BCUT2D eigenvalue weighted by Gasteiger charge is -2.11. The van der Waals surface area contributed by atoms with E-state index in [9.17, 15) is 14.4 Å². The molecular weight excluding hydrogens is 298 g/mol. The highest BCUT2D eigenvalue weighted by molar-refractivity contribution is 6.09. The number of esters is 1. The fraction of sp³-hybridized carbons (Fsp3) is 0.188. The lowest BCUT2D eigenvalue weighted by Crippen LogP contribution is -2.29. The number of benzene rings is 1. The molecule has 0 saturated heterocycles. The molecule has 2 aromatic heterocycles. The molecule has 0 aliphatic heterocycles. The molecular formula is C16H13N3O4. The van der Waals surface area contributed by atoms with Crippen LogP contribution >= 0.6 is 0 Å². The first-order valence-corrected chi connectivity index (χ1v) is 6.92. The standard InChI is InChI=1S/C16H13N3O4/c1-8-13-14(11-6-4-5-7-12(11)17-8)15(23-10(3)21)18-19(9(2)20)16(13)22/h4-7H,1-3H3. The van der Waals surface area contributed by atoms with E-state index in [2.05, 4.69) is 10.1 Å². The van der Waals surface area contributed by atoms with Crippen molar-refractivity contribution in [3.05, 3.63) is 40.3 Å². The van der Waals surface area contributed by atoms with E-state index in [0.29, 0.717) is 26.7 Å². The summed E-state index contributed by atoms with van der Waals surface area (Å²) in [6, 6.07) is 7.15. The summed E-state index contributed by atoms with van der Waals surface area (Å²) in [6.07, 6.45) is 0. The summed E-state index contributed by atoms with van der Waals surface area (Å²) in [5, 5.41) is 5.14. The van der Waals surface area contributed by atoms with E-state index in [0.717, 1.165) is 0 Å². The number of rotatable bonds is 1. The smallest absolute Gasteiger partial charge is 0.309 e. The van der Waals surface area contributed by atoms with Gasteiger partial charge in [-0.25, -0.2) is 0 Å². The van der Waals surface area contributed by atoms with Crippen LogP contribution in [0.4, 0.5) is 0 Å². The molecule has 7 nitrogen and oxygen atoms in total. The fourth-order valence-electron chi connectivity index (χ4n) is 2.53. The Morgan fingerprint density at radius 2 is 1.83 bits per heavy atom. The van der Waals surface area contributed by atoms with Gasteiger partial charge in [0.05, 0.1) is 22.0 Å². The second-order valence-electron chi connectivity index (χ2n) is 5.10. The van der Waals surface area contributed by atoms with E-state index in [-0.39, 0.29) is 11.3 Å². The van der Waals surface area contributed by atoms with Crippen LogP contribution in [0.2, 0.25) is 0 Å². The number of carbonyl (C=O) groups is 2. The van der Waals surface area contributed by atoms with Gasteiger partial charge in [-0.1, -0.05) is 18.2 Å². The monoisotopic (exact) mass is 311 g/mol. The minimum absolute atomic E-state index is 0.0796. The molecule has 0 bridgehead atoms. The van der Waals surface area contributed by atoms with Crippen LogP contribution < -0.4 is 10.3 Å². The minimum Gasteiger partial charge on any atom is -0.405 e. The van der Waals surface area contributed by atoms with Gasteiger partial charge in [0.15, 0.2) is 0 Å². The topological polar surface area (TPSA) is 91.1 Å². The Morgan fingerprint density at radius 3 is 2.48 bits per heavy atom. The molecule has 116 valence electrons. The van der Waals surface area contributed by atoms with Crippen LogP contribution in [0.3, 0.4) is 0 Å². The van der Waals surface area contributed by atoms with Gasteiger partial charge in [-0.3, -0.25) is 19.4 Å². The van der Waals surface area contributed by atoms with Crippen LogP contribution in [-0.2, 0) is 4.79 Å². The summed E-state index contributed by atoms with van der Waals surface area (Å²) in [6.45, 7) is 4.10. The first kappa shape index (κ1) is 14.8. The van der Waals surface area contributed by atoms with Crippen molar-refractivity contribution in [1.82, 2.24) is 14.8 Å². The number of hydrogen-bond donors (Lipinski definition) is 0. The van der Waals surface area contributed by atoms with Gasteiger partial charge in [0, 0.05) is 19.2 Å². The van der Waals surface area contributed by atoms with Gasteiger partial charge in [-0.05, 0) is 13.0 Å². The van der Waals surface area contributed by atoms with Crippen molar-refractivity contribution in [2.24, 2.45) is 0 Å². The predicted octanol–water partition coefficient (Wildman–Crippen LogP) is 1.84. The maximum Gasteiger partial charge on any atom is 0.309 e. The lowest BCUT2D eigenvalue weighted by molar-refractivity contribution is -0.132. The summed E-state index contributed by atoms with van der Waals surface area (Å²) in [5.41, 5.74) is 0.501. The zero-order valence-electron chi connectivity index (χ0n) is 12.8. The normalized spacial score (nSPS) is 10.9. The Balaban J connectivity index is 2.61. The van der Waals surface area contributed by atoms with Gasteiger partial charge in [0.1, 0.15) is 0 Å². The summed E-state index contributed by atoms with van der Waals surface area (Å²) >= 11 is 0. The molecule has 1 aromatic carbocycles. The van der Waals surface area contributed by atoms with Crippen molar-refractivity contribution < 1.29 is 14.3 Å². The van der Waals surface area contributed by atoms with E-state index in [4.69, 9.17) is 4.74 Å². The van der Waals surface area contributed by atoms with Crippen LogP contribution in [0.15, 0.2) is 29.1 Å². The van der Waals surface area contributed by atoms with E-state index in [1.54, 1.807) is 25.1 Å². The number of para-hydroxylation sites is 1. The van der Waals surface area contributed by atoms with Crippen molar-refractivity contribution in [1.29, 1.82) is 0 Å². The van der Waals surface area contributed by atoms with Gasteiger partial charge in [-0.2, -0.15) is 4.68 Å². The second kappa shape index (κ2) is 5.28. The van der Waals surface area contributed by atoms with Crippen LogP contribution in [-0.4, -0.2) is 26.6 Å². The minimum atomic E-state index is -0.592. The molecule has 3 rings (SSSR count). The molecule has 0 saturated carbocycles. The zero-order valence-corrected chi connectivity index (χ0v) is 12.8. The van der Waals surface area contributed by atoms with E-state index < -0.39 is 17.4 Å². The largest absolute Gasteiger partial charge is 0.405 e. The third kappa shape index (κ3) is 2.36. The zero-order chi connectivity index (χ0) is 16.7. The molecule has 0 atom stereocenters. The number of carbonyl (C=O) groups excluding carboxylic acids is 2. The third-order valence-corrected chi connectivity index (χ3v) is 3.42. The highest BCUT2D eigenvalue weighted by Crippen LogP contribution is 2.30. The van der Waals surface area contributed by atoms with Crippen molar-refractivity contribution >= 4 is 33.6 Å². The highest BCUT2D eigenvalue weighted by atomic mass is 16.5. The predicted molar refractivity (Wildman–Crippen MR) is 83.7 cm³/mol. The molecule has 2 heterocycles. The number of aryl methyl sites for hydroxylation is 1. The van der Waals surface area contributed by atoms with Crippen LogP contribution in [0.25, 0.3) is 21.7 Å². The quantitative estimate of drug-likeness (QED) is 0.503.